The Hall–Kier alpha value is -1.34. The molecule has 0 spiro atoms. The average Bonchev–Trinajstić information content (AvgIpc) is 2.82. The van der Waals surface area contributed by atoms with Gasteiger partial charge < -0.3 is 11.1 Å². The Labute approximate surface area is 150 Å². The van der Waals surface area contributed by atoms with Gasteiger partial charge in [0.25, 0.3) is 0 Å². The summed E-state index contributed by atoms with van der Waals surface area (Å²) in [5, 5.41) is 4.68. The molecule has 0 aliphatic heterocycles. The molecule has 2 aromatic heterocycles. The molecule has 1 fully saturated rings. The number of aryl methyl sites for hydroxylation is 2. The molecule has 0 unspecified atom stereocenters. The highest BCUT2D eigenvalue weighted by Gasteiger charge is 2.23. The molecule has 0 radical (unpaired) electrons. The van der Waals surface area contributed by atoms with E-state index in [2.05, 4.69) is 29.1 Å². The van der Waals surface area contributed by atoms with Crippen LogP contribution in [0.1, 0.15) is 43.0 Å². The van der Waals surface area contributed by atoms with Crippen LogP contribution in [0.5, 0.6) is 0 Å². The standard InChI is InChI=1S/C17H24N4OS2/c1-9-6-4-5-7-12(9)19-13(22)8-23-17-20-15(18)14-10(2)11(3)24-16(14)21-17/h9,12H,4-8H2,1-3H3,(H,19,22)(H2,18,20,21)/t9-,12+/m0/s1. The number of thioether (sulfide) groups is 1. The Balaban J connectivity index is 1.64. The van der Waals surface area contributed by atoms with Gasteiger partial charge in [-0.1, -0.05) is 31.5 Å². The minimum atomic E-state index is 0.0551. The fourth-order valence-corrected chi connectivity index (χ4v) is 4.99. The van der Waals surface area contributed by atoms with E-state index in [0.717, 1.165) is 22.2 Å². The first-order valence-electron chi connectivity index (χ1n) is 8.41. The molecule has 0 saturated heterocycles. The lowest BCUT2D eigenvalue weighted by Gasteiger charge is -2.29. The maximum Gasteiger partial charge on any atom is 0.230 e. The van der Waals surface area contributed by atoms with E-state index in [0.29, 0.717) is 28.7 Å². The van der Waals surface area contributed by atoms with Crippen molar-refractivity contribution in [2.75, 3.05) is 11.5 Å². The molecular formula is C17H24N4OS2. The van der Waals surface area contributed by atoms with Crippen LogP contribution in [-0.4, -0.2) is 27.7 Å². The van der Waals surface area contributed by atoms with Gasteiger partial charge in [-0.2, -0.15) is 0 Å². The van der Waals surface area contributed by atoms with Crippen LogP contribution in [0.4, 0.5) is 5.82 Å². The third-order valence-corrected chi connectivity index (χ3v) is 6.77. The van der Waals surface area contributed by atoms with E-state index in [4.69, 9.17) is 5.73 Å². The van der Waals surface area contributed by atoms with Crippen LogP contribution in [0, 0.1) is 19.8 Å². The minimum absolute atomic E-state index is 0.0551. The van der Waals surface area contributed by atoms with Crippen LogP contribution in [0.2, 0.25) is 0 Å². The number of carbonyl (C=O) groups is 1. The van der Waals surface area contributed by atoms with E-state index in [-0.39, 0.29) is 5.91 Å². The van der Waals surface area contributed by atoms with Crippen LogP contribution in [0.25, 0.3) is 10.2 Å². The molecule has 1 aliphatic rings. The molecule has 2 heterocycles. The number of thiophene rings is 1. The number of nitrogens with two attached hydrogens (primary N) is 1. The molecule has 1 saturated carbocycles. The summed E-state index contributed by atoms with van der Waals surface area (Å²) in [4.78, 5) is 23.3. The third-order valence-electron chi connectivity index (χ3n) is 4.83. The number of hydrogen-bond donors (Lipinski definition) is 2. The van der Waals surface area contributed by atoms with E-state index in [9.17, 15) is 4.79 Å². The molecule has 0 bridgehead atoms. The molecule has 1 aliphatic carbocycles. The van der Waals surface area contributed by atoms with Gasteiger partial charge in [0.15, 0.2) is 5.16 Å². The quantitative estimate of drug-likeness (QED) is 0.639. The van der Waals surface area contributed by atoms with Crippen LogP contribution in [0.15, 0.2) is 5.16 Å². The van der Waals surface area contributed by atoms with E-state index in [1.165, 1.54) is 35.9 Å². The Morgan fingerprint density at radius 2 is 2.08 bits per heavy atom. The predicted octanol–water partition coefficient (Wildman–Crippen LogP) is 3.68. The van der Waals surface area contributed by atoms with Crippen LogP contribution in [-0.2, 0) is 4.79 Å². The molecule has 1 amide bonds. The largest absolute Gasteiger partial charge is 0.383 e. The molecule has 5 nitrogen and oxygen atoms in total. The highest BCUT2D eigenvalue weighted by molar-refractivity contribution is 7.99. The summed E-state index contributed by atoms with van der Waals surface area (Å²) < 4.78 is 0. The zero-order valence-electron chi connectivity index (χ0n) is 14.4. The number of nitrogens with zero attached hydrogens (tertiary/aromatic N) is 2. The van der Waals surface area contributed by atoms with Gasteiger partial charge in [-0.25, -0.2) is 9.97 Å². The van der Waals surface area contributed by atoms with Crippen molar-refractivity contribution >= 4 is 45.0 Å². The second-order valence-electron chi connectivity index (χ2n) is 6.58. The summed E-state index contributed by atoms with van der Waals surface area (Å²) in [6.45, 7) is 6.32. The van der Waals surface area contributed by atoms with Crippen molar-refractivity contribution < 1.29 is 4.79 Å². The molecule has 0 aromatic carbocycles. The summed E-state index contributed by atoms with van der Waals surface area (Å²) in [7, 11) is 0. The van der Waals surface area contributed by atoms with Gasteiger partial charge in [-0.15, -0.1) is 11.3 Å². The molecule has 2 atom stereocenters. The van der Waals surface area contributed by atoms with Crippen LogP contribution < -0.4 is 11.1 Å². The van der Waals surface area contributed by atoms with Gasteiger partial charge in [0.2, 0.25) is 5.91 Å². The fraction of sp³-hybridized carbons (Fsp3) is 0.588. The van der Waals surface area contributed by atoms with Gasteiger partial charge in [-0.05, 0) is 38.2 Å². The second-order valence-corrected chi connectivity index (χ2v) is 8.72. The number of carbonyl (C=O) groups excluding carboxylic acids is 1. The Morgan fingerprint density at radius 3 is 2.83 bits per heavy atom. The molecule has 3 N–H and O–H groups in total. The summed E-state index contributed by atoms with van der Waals surface area (Å²) in [6, 6.07) is 0.308. The van der Waals surface area contributed by atoms with Crippen molar-refractivity contribution in [1.82, 2.24) is 15.3 Å². The average molecular weight is 365 g/mol. The van der Waals surface area contributed by atoms with Crippen molar-refractivity contribution in [2.45, 2.75) is 57.7 Å². The van der Waals surface area contributed by atoms with Crippen LogP contribution in [0.3, 0.4) is 0 Å². The van der Waals surface area contributed by atoms with Gasteiger partial charge in [0.1, 0.15) is 10.6 Å². The van der Waals surface area contributed by atoms with Crippen molar-refractivity contribution in [2.24, 2.45) is 5.92 Å². The topological polar surface area (TPSA) is 80.9 Å². The van der Waals surface area contributed by atoms with Gasteiger partial charge >= 0.3 is 0 Å². The normalized spacial score (nSPS) is 21.1. The molecule has 3 rings (SSSR count). The minimum Gasteiger partial charge on any atom is -0.383 e. The number of fused-ring (bicyclic) bond motifs is 1. The zero-order valence-corrected chi connectivity index (χ0v) is 16.0. The fourth-order valence-electron chi connectivity index (χ4n) is 3.23. The van der Waals surface area contributed by atoms with E-state index < -0.39 is 0 Å². The number of rotatable bonds is 4. The maximum absolute atomic E-state index is 12.2. The zero-order chi connectivity index (χ0) is 17.3. The number of nitrogen functional groups attached to an aromatic ring is 1. The highest BCUT2D eigenvalue weighted by atomic mass is 32.2. The maximum atomic E-state index is 12.2. The van der Waals surface area contributed by atoms with Crippen molar-refractivity contribution in [3.05, 3.63) is 10.4 Å². The number of hydrogen-bond acceptors (Lipinski definition) is 6. The molecule has 24 heavy (non-hydrogen) atoms. The summed E-state index contributed by atoms with van der Waals surface area (Å²) in [6.07, 6.45) is 4.76. The van der Waals surface area contributed by atoms with Gasteiger partial charge in [-0.3, -0.25) is 4.79 Å². The van der Waals surface area contributed by atoms with E-state index in [1.807, 2.05) is 6.92 Å². The van der Waals surface area contributed by atoms with E-state index in [1.54, 1.807) is 11.3 Å². The number of anilines is 1. The second kappa shape index (κ2) is 7.27. The first-order chi connectivity index (χ1) is 11.5. The van der Waals surface area contributed by atoms with E-state index >= 15 is 0 Å². The number of amides is 1. The highest BCUT2D eigenvalue weighted by Crippen LogP contribution is 2.33. The lowest BCUT2D eigenvalue weighted by atomic mass is 9.86. The summed E-state index contributed by atoms with van der Waals surface area (Å²) in [5.74, 6) is 1.45. The van der Waals surface area contributed by atoms with Crippen molar-refractivity contribution in [3.63, 3.8) is 0 Å². The Bertz CT molecular complexity index is 759. The first kappa shape index (κ1) is 17.5. The molecule has 2 aromatic rings. The summed E-state index contributed by atoms with van der Waals surface area (Å²) >= 11 is 2.98. The smallest absolute Gasteiger partial charge is 0.230 e. The van der Waals surface area contributed by atoms with Gasteiger partial charge in [0, 0.05) is 10.9 Å². The third kappa shape index (κ3) is 3.67. The lowest BCUT2D eigenvalue weighted by Crippen LogP contribution is -2.41. The molecular weight excluding hydrogens is 340 g/mol. The lowest BCUT2D eigenvalue weighted by molar-refractivity contribution is -0.119. The van der Waals surface area contributed by atoms with Gasteiger partial charge in [0.05, 0.1) is 11.1 Å². The van der Waals surface area contributed by atoms with Crippen molar-refractivity contribution in [1.29, 1.82) is 0 Å². The summed E-state index contributed by atoms with van der Waals surface area (Å²) in [5.41, 5.74) is 7.23. The van der Waals surface area contributed by atoms with Crippen LogP contribution >= 0.6 is 23.1 Å². The Kier molecular flexibility index (Phi) is 5.30. The monoisotopic (exact) mass is 364 g/mol. The van der Waals surface area contributed by atoms with Crippen molar-refractivity contribution in [3.8, 4) is 0 Å². The molecule has 7 heteroatoms. The predicted molar refractivity (Wildman–Crippen MR) is 102 cm³/mol. The molecule has 130 valence electrons. The Morgan fingerprint density at radius 1 is 1.33 bits per heavy atom. The SMILES string of the molecule is Cc1sc2nc(SCC(=O)N[C@@H]3CCCC[C@@H]3C)nc(N)c2c1C. The number of nitrogens with one attached hydrogen (secondary N) is 1. The first-order valence-corrected chi connectivity index (χ1v) is 10.2. The number of aromatic nitrogens is 2.